The van der Waals surface area contributed by atoms with Gasteiger partial charge >= 0.3 is 0 Å². The van der Waals surface area contributed by atoms with Crippen LogP contribution in [0.5, 0.6) is 0 Å². The topological polar surface area (TPSA) is 12.5 Å². The Bertz CT molecular complexity index is 500. The predicted octanol–water partition coefficient (Wildman–Crippen LogP) is 4.39. The molecule has 3 saturated heterocycles. The third kappa shape index (κ3) is 3.64. The molecule has 0 amide bonds. The van der Waals surface area contributed by atoms with Gasteiger partial charge in [0.2, 0.25) is 0 Å². The number of ether oxygens (including phenoxy) is 1. The van der Waals surface area contributed by atoms with Crippen LogP contribution in [0.15, 0.2) is 24.3 Å². The van der Waals surface area contributed by atoms with Crippen molar-refractivity contribution >= 4 is 0 Å². The molecule has 1 atom stereocenters. The van der Waals surface area contributed by atoms with Gasteiger partial charge in [-0.05, 0) is 68.2 Å². The van der Waals surface area contributed by atoms with Crippen molar-refractivity contribution in [3.05, 3.63) is 35.4 Å². The third-order valence-corrected chi connectivity index (χ3v) is 6.40. The summed E-state index contributed by atoms with van der Waals surface area (Å²) in [6.07, 6.45) is 11.3. The van der Waals surface area contributed by atoms with Gasteiger partial charge in [0, 0.05) is 6.54 Å². The Kier molecular flexibility index (Phi) is 5.01. The minimum atomic E-state index is 0.499. The number of piperidine rings is 3. The Balaban J connectivity index is 1.34. The van der Waals surface area contributed by atoms with E-state index in [1.165, 1.54) is 64.6 Å². The first-order valence-electron chi connectivity index (χ1n) is 9.82. The molecule has 2 bridgehead atoms. The number of hydrogen-bond acceptors (Lipinski definition) is 2. The molecule has 1 aromatic carbocycles. The molecule has 1 aromatic rings. The number of fused-ring (bicyclic) bond motifs is 3. The van der Waals surface area contributed by atoms with Gasteiger partial charge in [0.05, 0.1) is 12.7 Å². The molecule has 0 aromatic heterocycles. The lowest BCUT2D eigenvalue weighted by atomic mass is 9.81. The lowest BCUT2D eigenvalue weighted by molar-refractivity contribution is -0.0684. The standard InChI is InChI=1S/C21H31NO/c1-2-6-17(7-3-1)20-9-5-4-8-18(20)12-15-23-21-16-22-13-10-19(21)11-14-22/h4-5,8-9,17,19,21H,1-3,6-7,10-16H2. The zero-order valence-corrected chi connectivity index (χ0v) is 14.4. The molecule has 4 fully saturated rings. The molecular formula is C21H31NO. The maximum atomic E-state index is 6.32. The Labute approximate surface area is 141 Å². The van der Waals surface area contributed by atoms with Crippen LogP contribution in [0.3, 0.4) is 0 Å². The average molecular weight is 313 g/mol. The molecule has 0 spiro atoms. The quantitative estimate of drug-likeness (QED) is 0.799. The fourth-order valence-corrected chi connectivity index (χ4v) is 4.99. The van der Waals surface area contributed by atoms with Gasteiger partial charge in [0.15, 0.2) is 0 Å². The number of nitrogens with zero attached hydrogens (tertiary/aromatic N) is 1. The summed E-state index contributed by atoms with van der Waals surface area (Å²) in [5.74, 6) is 1.63. The van der Waals surface area contributed by atoms with Crippen LogP contribution < -0.4 is 0 Å². The van der Waals surface area contributed by atoms with E-state index in [1.807, 2.05) is 0 Å². The molecule has 2 nitrogen and oxygen atoms in total. The SMILES string of the molecule is c1ccc(C2CCCCC2)c(CCOC2CN3CCC2CC3)c1. The maximum absolute atomic E-state index is 6.32. The van der Waals surface area contributed by atoms with Crippen molar-refractivity contribution in [2.45, 2.75) is 63.4 Å². The van der Waals surface area contributed by atoms with E-state index in [0.29, 0.717) is 6.10 Å². The van der Waals surface area contributed by atoms with E-state index in [9.17, 15) is 0 Å². The molecule has 1 aliphatic carbocycles. The summed E-state index contributed by atoms with van der Waals surface area (Å²) in [5, 5.41) is 0. The first-order chi connectivity index (χ1) is 11.4. The van der Waals surface area contributed by atoms with Crippen LogP contribution in [-0.2, 0) is 11.2 Å². The Morgan fingerprint density at radius 2 is 1.74 bits per heavy atom. The molecule has 2 heteroatoms. The fourth-order valence-electron chi connectivity index (χ4n) is 4.99. The lowest BCUT2D eigenvalue weighted by Gasteiger charge is -2.44. The van der Waals surface area contributed by atoms with Crippen LogP contribution >= 0.6 is 0 Å². The second kappa shape index (κ2) is 7.36. The van der Waals surface area contributed by atoms with E-state index < -0.39 is 0 Å². The largest absolute Gasteiger partial charge is 0.376 e. The summed E-state index contributed by atoms with van der Waals surface area (Å²) in [5.41, 5.74) is 3.16. The van der Waals surface area contributed by atoms with Crippen molar-refractivity contribution in [2.75, 3.05) is 26.2 Å². The Hall–Kier alpha value is -0.860. The molecule has 23 heavy (non-hydrogen) atoms. The van der Waals surface area contributed by atoms with E-state index in [1.54, 1.807) is 11.1 Å². The second-order valence-electron chi connectivity index (χ2n) is 7.83. The second-order valence-corrected chi connectivity index (χ2v) is 7.83. The predicted molar refractivity (Wildman–Crippen MR) is 94.9 cm³/mol. The van der Waals surface area contributed by atoms with E-state index in [-0.39, 0.29) is 0 Å². The molecule has 1 saturated carbocycles. The average Bonchev–Trinajstić information content (AvgIpc) is 2.64. The van der Waals surface area contributed by atoms with Gasteiger partial charge in [0.25, 0.3) is 0 Å². The molecule has 0 radical (unpaired) electrons. The van der Waals surface area contributed by atoms with Gasteiger partial charge < -0.3 is 9.64 Å². The minimum absolute atomic E-state index is 0.499. The number of benzene rings is 1. The molecule has 4 aliphatic rings. The van der Waals surface area contributed by atoms with E-state index >= 15 is 0 Å². The molecule has 1 unspecified atom stereocenters. The van der Waals surface area contributed by atoms with E-state index in [0.717, 1.165) is 24.9 Å². The van der Waals surface area contributed by atoms with Crippen molar-refractivity contribution in [3.63, 3.8) is 0 Å². The molecule has 5 rings (SSSR count). The van der Waals surface area contributed by atoms with E-state index in [2.05, 4.69) is 29.2 Å². The molecule has 0 N–H and O–H groups in total. The first-order valence-corrected chi connectivity index (χ1v) is 9.82. The van der Waals surface area contributed by atoms with Gasteiger partial charge in [0.1, 0.15) is 0 Å². The van der Waals surface area contributed by atoms with Crippen LogP contribution in [0.25, 0.3) is 0 Å². The fraction of sp³-hybridized carbons (Fsp3) is 0.714. The zero-order valence-electron chi connectivity index (χ0n) is 14.4. The van der Waals surface area contributed by atoms with Crippen LogP contribution in [0, 0.1) is 5.92 Å². The molecule has 3 aliphatic heterocycles. The van der Waals surface area contributed by atoms with Gasteiger partial charge in [-0.2, -0.15) is 0 Å². The summed E-state index contributed by atoms with van der Waals surface area (Å²) >= 11 is 0. The summed E-state index contributed by atoms with van der Waals surface area (Å²) in [7, 11) is 0. The monoisotopic (exact) mass is 313 g/mol. The highest BCUT2D eigenvalue weighted by atomic mass is 16.5. The highest BCUT2D eigenvalue weighted by Crippen LogP contribution is 2.35. The van der Waals surface area contributed by atoms with Gasteiger partial charge in [-0.3, -0.25) is 0 Å². The van der Waals surface area contributed by atoms with Crippen molar-refractivity contribution in [2.24, 2.45) is 5.92 Å². The maximum Gasteiger partial charge on any atom is 0.0731 e. The smallest absolute Gasteiger partial charge is 0.0731 e. The highest BCUT2D eigenvalue weighted by Gasteiger charge is 2.34. The zero-order chi connectivity index (χ0) is 15.5. The van der Waals surface area contributed by atoms with Crippen LogP contribution in [0.1, 0.15) is 62.0 Å². The van der Waals surface area contributed by atoms with Crippen LogP contribution in [0.2, 0.25) is 0 Å². The van der Waals surface area contributed by atoms with Gasteiger partial charge in [-0.1, -0.05) is 43.5 Å². The Morgan fingerprint density at radius 1 is 0.957 bits per heavy atom. The molecule has 126 valence electrons. The minimum Gasteiger partial charge on any atom is -0.376 e. The number of hydrogen-bond donors (Lipinski definition) is 0. The Morgan fingerprint density at radius 3 is 2.48 bits per heavy atom. The van der Waals surface area contributed by atoms with Crippen LogP contribution in [0.4, 0.5) is 0 Å². The normalized spacial score (nSPS) is 31.4. The van der Waals surface area contributed by atoms with Crippen molar-refractivity contribution < 1.29 is 4.74 Å². The third-order valence-electron chi connectivity index (χ3n) is 6.40. The summed E-state index contributed by atoms with van der Waals surface area (Å²) in [6.45, 7) is 4.68. The van der Waals surface area contributed by atoms with Crippen LogP contribution in [-0.4, -0.2) is 37.2 Å². The lowest BCUT2D eigenvalue weighted by Crippen LogP contribution is -2.51. The van der Waals surface area contributed by atoms with Crippen molar-refractivity contribution in [3.8, 4) is 0 Å². The van der Waals surface area contributed by atoms with Crippen molar-refractivity contribution in [1.29, 1.82) is 0 Å². The summed E-state index contributed by atoms with van der Waals surface area (Å²) < 4.78 is 6.32. The van der Waals surface area contributed by atoms with Gasteiger partial charge in [-0.15, -0.1) is 0 Å². The molecular weight excluding hydrogens is 282 g/mol. The van der Waals surface area contributed by atoms with Crippen molar-refractivity contribution in [1.82, 2.24) is 4.90 Å². The number of rotatable bonds is 5. The van der Waals surface area contributed by atoms with E-state index in [4.69, 9.17) is 4.74 Å². The van der Waals surface area contributed by atoms with Gasteiger partial charge in [-0.25, -0.2) is 0 Å². The first kappa shape index (κ1) is 15.7. The highest BCUT2D eigenvalue weighted by molar-refractivity contribution is 5.31. The molecule has 3 heterocycles. The summed E-state index contributed by atoms with van der Waals surface area (Å²) in [4.78, 5) is 2.58. The summed E-state index contributed by atoms with van der Waals surface area (Å²) in [6, 6.07) is 9.14.